The van der Waals surface area contributed by atoms with E-state index in [1.807, 2.05) is 0 Å². The zero-order chi connectivity index (χ0) is 14.9. The van der Waals surface area contributed by atoms with Crippen molar-refractivity contribution in [3.8, 4) is 5.69 Å². The number of nitrogens with zero attached hydrogens (tertiary/aromatic N) is 2. The molecule has 0 bridgehead atoms. The number of nitrogens with two attached hydrogens (primary N) is 1. The Labute approximate surface area is 114 Å². The summed E-state index contributed by atoms with van der Waals surface area (Å²) in [7, 11) is -4.07. The standard InChI is InChI=1S/C11H11FN4O3S/c1-7(17)15-9-2-3-10(11(4-9)20(13,18)19)16-6-8(12)5-14-16/h2-6H,1H3,(H,15,17)(H2,13,18,19). The second-order valence-electron chi connectivity index (χ2n) is 4.01. The van der Waals surface area contributed by atoms with Crippen LogP contribution in [-0.2, 0) is 14.8 Å². The average Bonchev–Trinajstić information content (AvgIpc) is 2.74. The summed E-state index contributed by atoms with van der Waals surface area (Å²) < 4.78 is 37.2. The van der Waals surface area contributed by atoms with Crippen LogP contribution in [-0.4, -0.2) is 24.1 Å². The summed E-state index contributed by atoms with van der Waals surface area (Å²) in [6.45, 7) is 1.29. The highest BCUT2D eigenvalue weighted by molar-refractivity contribution is 7.89. The summed E-state index contributed by atoms with van der Waals surface area (Å²) in [6.07, 6.45) is 1.96. The first-order chi connectivity index (χ1) is 9.27. The minimum atomic E-state index is -4.07. The van der Waals surface area contributed by atoms with Crippen molar-refractivity contribution in [1.82, 2.24) is 9.78 Å². The highest BCUT2D eigenvalue weighted by Crippen LogP contribution is 2.23. The van der Waals surface area contributed by atoms with Crippen LogP contribution in [0.4, 0.5) is 10.1 Å². The number of sulfonamides is 1. The van der Waals surface area contributed by atoms with Gasteiger partial charge in [0.15, 0.2) is 5.82 Å². The number of hydrogen-bond donors (Lipinski definition) is 2. The van der Waals surface area contributed by atoms with Crippen LogP contribution in [0, 0.1) is 5.82 Å². The Balaban J connectivity index is 2.60. The molecule has 2 aromatic rings. The molecule has 1 aromatic carbocycles. The summed E-state index contributed by atoms with van der Waals surface area (Å²) in [5.41, 5.74) is 0.350. The smallest absolute Gasteiger partial charge is 0.240 e. The van der Waals surface area contributed by atoms with Gasteiger partial charge in [-0.25, -0.2) is 22.6 Å². The number of hydrogen-bond acceptors (Lipinski definition) is 4. The van der Waals surface area contributed by atoms with Gasteiger partial charge in [-0.15, -0.1) is 0 Å². The second kappa shape index (κ2) is 5.02. The molecule has 0 aliphatic carbocycles. The van der Waals surface area contributed by atoms with Gasteiger partial charge in [-0.05, 0) is 18.2 Å². The van der Waals surface area contributed by atoms with Crippen molar-refractivity contribution in [3.63, 3.8) is 0 Å². The van der Waals surface area contributed by atoms with Gasteiger partial charge in [0, 0.05) is 12.6 Å². The summed E-state index contributed by atoms with van der Waals surface area (Å²) >= 11 is 0. The molecule has 20 heavy (non-hydrogen) atoms. The lowest BCUT2D eigenvalue weighted by Crippen LogP contribution is -2.16. The molecule has 0 spiro atoms. The third-order valence-electron chi connectivity index (χ3n) is 2.38. The van der Waals surface area contributed by atoms with Gasteiger partial charge in [-0.2, -0.15) is 5.10 Å². The molecule has 1 heterocycles. The molecule has 1 amide bonds. The highest BCUT2D eigenvalue weighted by Gasteiger charge is 2.17. The molecule has 0 saturated heterocycles. The molecular formula is C11H11FN4O3S. The normalized spacial score (nSPS) is 11.3. The van der Waals surface area contributed by atoms with Crippen molar-refractivity contribution in [2.45, 2.75) is 11.8 Å². The van der Waals surface area contributed by atoms with E-state index in [9.17, 15) is 17.6 Å². The maximum absolute atomic E-state index is 13.0. The Morgan fingerprint density at radius 1 is 1.45 bits per heavy atom. The Hall–Kier alpha value is -2.26. The minimum absolute atomic E-state index is 0.0884. The van der Waals surface area contributed by atoms with Crippen molar-refractivity contribution in [1.29, 1.82) is 0 Å². The third-order valence-corrected chi connectivity index (χ3v) is 3.32. The Kier molecular flexibility index (Phi) is 3.55. The number of aromatic nitrogens is 2. The lowest BCUT2D eigenvalue weighted by molar-refractivity contribution is -0.114. The van der Waals surface area contributed by atoms with Gasteiger partial charge in [-0.1, -0.05) is 0 Å². The van der Waals surface area contributed by atoms with Gasteiger partial charge in [0.2, 0.25) is 15.9 Å². The zero-order valence-corrected chi connectivity index (χ0v) is 11.2. The first kappa shape index (κ1) is 14.2. The van der Waals surface area contributed by atoms with Crippen LogP contribution in [0.15, 0.2) is 35.5 Å². The molecular weight excluding hydrogens is 287 g/mol. The maximum atomic E-state index is 13.0. The predicted octanol–water partition coefficient (Wildman–Crippen LogP) is 0.617. The fourth-order valence-electron chi connectivity index (χ4n) is 1.64. The summed E-state index contributed by atoms with van der Waals surface area (Å²) in [4.78, 5) is 10.7. The van der Waals surface area contributed by atoms with Crippen LogP contribution in [0.3, 0.4) is 0 Å². The Bertz CT molecular complexity index is 770. The number of rotatable bonds is 3. The molecule has 0 radical (unpaired) electrons. The minimum Gasteiger partial charge on any atom is -0.326 e. The van der Waals surface area contributed by atoms with Crippen molar-refractivity contribution in [2.24, 2.45) is 5.14 Å². The summed E-state index contributed by atoms with van der Waals surface area (Å²) in [6, 6.07) is 4.02. The van der Waals surface area contributed by atoms with E-state index in [0.29, 0.717) is 0 Å². The first-order valence-electron chi connectivity index (χ1n) is 5.42. The molecule has 0 aliphatic heterocycles. The highest BCUT2D eigenvalue weighted by atomic mass is 32.2. The fourth-order valence-corrected chi connectivity index (χ4v) is 2.39. The van der Waals surface area contributed by atoms with Gasteiger partial charge in [0.05, 0.1) is 18.1 Å². The molecule has 3 N–H and O–H groups in total. The third kappa shape index (κ3) is 3.00. The number of amides is 1. The van der Waals surface area contributed by atoms with Crippen LogP contribution in [0.5, 0.6) is 0 Å². The lowest BCUT2D eigenvalue weighted by Gasteiger charge is -2.10. The number of halogens is 1. The van der Waals surface area contributed by atoms with Crippen LogP contribution in [0.2, 0.25) is 0 Å². The molecule has 106 valence electrons. The second-order valence-corrected chi connectivity index (χ2v) is 5.54. The fraction of sp³-hybridized carbons (Fsp3) is 0.0909. The average molecular weight is 298 g/mol. The molecule has 0 aliphatic rings. The summed E-state index contributed by atoms with van der Waals surface area (Å²) in [5, 5.41) is 11.2. The van der Waals surface area contributed by atoms with Crippen LogP contribution in [0.1, 0.15) is 6.92 Å². The molecule has 9 heteroatoms. The number of carbonyl (C=O) groups is 1. The number of anilines is 1. The molecule has 2 rings (SSSR count). The number of primary sulfonamides is 1. The molecule has 1 aromatic heterocycles. The molecule has 0 fully saturated rings. The molecule has 0 saturated carbocycles. The van der Waals surface area contributed by atoms with E-state index in [-0.39, 0.29) is 22.2 Å². The van der Waals surface area contributed by atoms with E-state index in [1.165, 1.54) is 25.1 Å². The summed E-state index contributed by atoms with van der Waals surface area (Å²) in [5.74, 6) is -0.973. The van der Waals surface area contributed by atoms with E-state index in [4.69, 9.17) is 5.14 Å². The van der Waals surface area contributed by atoms with Gasteiger partial charge >= 0.3 is 0 Å². The van der Waals surface area contributed by atoms with Crippen LogP contribution in [0.25, 0.3) is 5.69 Å². The monoisotopic (exact) mass is 298 g/mol. The SMILES string of the molecule is CC(=O)Nc1ccc(-n2cc(F)cn2)c(S(N)(=O)=O)c1. The molecule has 0 atom stereocenters. The predicted molar refractivity (Wildman–Crippen MR) is 69.2 cm³/mol. The first-order valence-corrected chi connectivity index (χ1v) is 6.97. The van der Waals surface area contributed by atoms with Crippen LogP contribution < -0.4 is 10.5 Å². The van der Waals surface area contributed by atoms with Crippen molar-refractivity contribution in [3.05, 3.63) is 36.4 Å². The Morgan fingerprint density at radius 3 is 2.65 bits per heavy atom. The van der Waals surface area contributed by atoms with E-state index < -0.39 is 15.8 Å². The number of benzene rings is 1. The molecule has 0 unspecified atom stereocenters. The van der Waals surface area contributed by atoms with Crippen LogP contribution >= 0.6 is 0 Å². The maximum Gasteiger partial charge on any atom is 0.240 e. The van der Waals surface area contributed by atoms with E-state index in [2.05, 4.69) is 10.4 Å². The van der Waals surface area contributed by atoms with Gasteiger partial charge < -0.3 is 5.32 Å². The number of carbonyl (C=O) groups excluding carboxylic acids is 1. The van der Waals surface area contributed by atoms with Crippen molar-refractivity contribution >= 4 is 21.6 Å². The van der Waals surface area contributed by atoms with E-state index in [1.54, 1.807) is 0 Å². The van der Waals surface area contributed by atoms with Gasteiger partial charge in [0.25, 0.3) is 0 Å². The van der Waals surface area contributed by atoms with E-state index >= 15 is 0 Å². The molecule has 7 nitrogen and oxygen atoms in total. The number of nitrogens with one attached hydrogen (secondary N) is 1. The lowest BCUT2D eigenvalue weighted by atomic mass is 10.2. The zero-order valence-electron chi connectivity index (χ0n) is 10.4. The largest absolute Gasteiger partial charge is 0.326 e. The quantitative estimate of drug-likeness (QED) is 0.866. The topological polar surface area (TPSA) is 107 Å². The van der Waals surface area contributed by atoms with Crippen molar-refractivity contribution in [2.75, 3.05) is 5.32 Å². The van der Waals surface area contributed by atoms with E-state index in [0.717, 1.165) is 17.1 Å². The van der Waals surface area contributed by atoms with Crippen molar-refractivity contribution < 1.29 is 17.6 Å². The van der Waals surface area contributed by atoms with Gasteiger partial charge in [0.1, 0.15) is 4.90 Å². The van der Waals surface area contributed by atoms with Gasteiger partial charge in [-0.3, -0.25) is 4.79 Å². The Morgan fingerprint density at radius 2 is 2.15 bits per heavy atom.